The van der Waals surface area contributed by atoms with Crippen LogP contribution in [0.15, 0.2) is 23.1 Å². The minimum atomic E-state index is -3.72. The van der Waals surface area contributed by atoms with Gasteiger partial charge in [-0.05, 0) is 44.0 Å². The van der Waals surface area contributed by atoms with Crippen LogP contribution in [-0.2, 0) is 28.3 Å². The molecule has 8 heteroatoms. The number of amides is 1. The molecule has 1 aromatic carbocycles. The van der Waals surface area contributed by atoms with Crippen molar-refractivity contribution in [1.82, 2.24) is 9.78 Å². The Hall–Kier alpha value is -2.35. The Labute approximate surface area is 141 Å². The van der Waals surface area contributed by atoms with E-state index >= 15 is 0 Å². The minimum absolute atomic E-state index is 0.0397. The van der Waals surface area contributed by atoms with Gasteiger partial charge in [0.2, 0.25) is 5.91 Å². The zero-order valence-electron chi connectivity index (χ0n) is 14.1. The molecule has 0 bridgehead atoms. The van der Waals surface area contributed by atoms with Gasteiger partial charge in [0.1, 0.15) is 0 Å². The third kappa shape index (κ3) is 2.66. The lowest BCUT2D eigenvalue weighted by atomic mass is 10.0. The van der Waals surface area contributed by atoms with Crippen molar-refractivity contribution in [2.75, 3.05) is 16.7 Å². The molecule has 0 saturated heterocycles. The topological polar surface area (TPSA) is 84.3 Å². The second-order valence-electron chi connectivity index (χ2n) is 6.02. The summed E-state index contributed by atoms with van der Waals surface area (Å²) < 4.78 is 29.7. The van der Waals surface area contributed by atoms with Crippen LogP contribution < -0.4 is 9.62 Å². The molecule has 1 N–H and O–H groups in total. The molecule has 0 fully saturated rings. The van der Waals surface area contributed by atoms with E-state index in [4.69, 9.17) is 0 Å². The summed E-state index contributed by atoms with van der Waals surface area (Å²) in [5.74, 6) is 0.0397. The first-order chi connectivity index (χ1) is 11.2. The van der Waals surface area contributed by atoms with E-state index in [0.29, 0.717) is 24.2 Å². The van der Waals surface area contributed by atoms with E-state index in [1.165, 1.54) is 6.07 Å². The van der Waals surface area contributed by atoms with E-state index in [2.05, 4.69) is 9.82 Å². The van der Waals surface area contributed by atoms with Gasteiger partial charge in [-0.25, -0.2) is 8.42 Å². The molecule has 24 heavy (non-hydrogen) atoms. The first-order valence-corrected chi connectivity index (χ1v) is 9.11. The number of rotatable bonds is 3. The Morgan fingerprint density at radius 2 is 1.88 bits per heavy atom. The number of sulfonamides is 1. The number of anilines is 2. The number of benzene rings is 1. The maximum atomic E-state index is 12.7. The molecule has 1 aromatic heterocycles. The molecule has 2 heterocycles. The van der Waals surface area contributed by atoms with Crippen molar-refractivity contribution in [2.45, 2.75) is 31.6 Å². The summed E-state index contributed by atoms with van der Waals surface area (Å²) >= 11 is 0. The smallest absolute Gasteiger partial charge is 0.262 e. The molecule has 3 rings (SSSR count). The molecule has 7 nitrogen and oxygen atoms in total. The van der Waals surface area contributed by atoms with Gasteiger partial charge in [-0.2, -0.15) is 5.10 Å². The van der Waals surface area contributed by atoms with Gasteiger partial charge in [-0.1, -0.05) is 0 Å². The SMILES string of the molecule is Cc1nn(C)c(C)c1NS(=O)(=O)c1ccc2c(c1)CCC(=O)N2C. The number of aryl methyl sites for hydroxylation is 3. The Bertz CT molecular complexity index is 931. The Kier molecular flexibility index (Phi) is 3.87. The second-order valence-corrected chi connectivity index (χ2v) is 7.70. The number of aromatic nitrogens is 2. The molecule has 1 aliphatic heterocycles. The molecule has 1 amide bonds. The van der Waals surface area contributed by atoms with Gasteiger partial charge in [0.05, 0.1) is 22.0 Å². The predicted molar refractivity (Wildman–Crippen MR) is 91.7 cm³/mol. The minimum Gasteiger partial charge on any atom is -0.315 e. The van der Waals surface area contributed by atoms with Crippen molar-refractivity contribution in [2.24, 2.45) is 7.05 Å². The van der Waals surface area contributed by atoms with E-state index < -0.39 is 10.0 Å². The van der Waals surface area contributed by atoms with Crippen molar-refractivity contribution < 1.29 is 13.2 Å². The summed E-state index contributed by atoms with van der Waals surface area (Å²) in [4.78, 5) is 13.5. The summed E-state index contributed by atoms with van der Waals surface area (Å²) in [5.41, 5.74) is 3.50. The van der Waals surface area contributed by atoms with Crippen LogP contribution in [0, 0.1) is 13.8 Å². The molecule has 2 aromatic rings. The zero-order chi connectivity index (χ0) is 17.6. The molecule has 0 spiro atoms. The van der Waals surface area contributed by atoms with Gasteiger partial charge in [0.25, 0.3) is 10.0 Å². The van der Waals surface area contributed by atoms with E-state index in [1.807, 2.05) is 6.92 Å². The van der Waals surface area contributed by atoms with E-state index in [9.17, 15) is 13.2 Å². The fraction of sp³-hybridized carbons (Fsp3) is 0.375. The average Bonchev–Trinajstić information content (AvgIpc) is 2.77. The highest BCUT2D eigenvalue weighted by Crippen LogP contribution is 2.30. The largest absolute Gasteiger partial charge is 0.315 e. The Balaban J connectivity index is 1.98. The summed E-state index contributed by atoms with van der Waals surface area (Å²) in [6.07, 6.45) is 0.939. The first kappa shape index (κ1) is 16.5. The Morgan fingerprint density at radius 1 is 1.17 bits per heavy atom. The molecule has 0 atom stereocenters. The Morgan fingerprint density at radius 3 is 2.50 bits per heavy atom. The molecule has 128 valence electrons. The van der Waals surface area contributed by atoms with Crippen molar-refractivity contribution in [3.8, 4) is 0 Å². The van der Waals surface area contributed by atoms with Gasteiger partial charge in [-0.3, -0.25) is 14.2 Å². The lowest BCUT2D eigenvalue weighted by molar-refractivity contribution is -0.118. The number of carbonyl (C=O) groups excluding carboxylic acids is 1. The number of fused-ring (bicyclic) bond motifs is 1. The monoisotopic (exact) mass is 348 g/mol. The average molecular weight is 348 g/mol. The van der Waals surface area contributed by atoms with Crippen LogP contribution in [-0.4, -0.2) is 31.2 Å². The molecule has 0 saturated carbocycles. The van der Waals surface area contributed by atoms with Gasteiger partial charge in [0, 0.05) is 26.2 Å². The fourth-order valence-electron chi connectivity index (χ4n) is 2.91. The lowest BCUT2D eigenvalue weighted by Crippen LogP contribution is -2.31. The maximum absolute atomic E-state index is 12.7. The van der Waals surface area contributed by atoms with E-state index in [-0.39, 0.29) is 10.8 Å². The number of hydrogen-bond donors (Lipinski definition) is 1. The van der Waals surface area contributed by atoms with Crippen LogP contribution in [0.4, 0.5) is 11.4 Å². The summed E-state index contributed by atoms with van der Waals surface area (Å²) in [7, 11) is -0.243. The van der Waals surface area contributed by atoms with Crippen molar-refractivity contribution in [1.29, 1.82) is 0 Å². The number of carbonyl (C=O) groups is 1. The van der Waals surface area contributed by atoms with Gasteiger partial charge < -0.3 is 4.90 Å². The van der Waals surface area contributed by atoms with Gasteiger partial charge in [0.15, 0.2) is 0 Å². The molecular formula is C16H20N4O3S. The summed E-state index contributed by atoms with van der Waals surface area (Å²) in [6.45, 7) is 3.57. The molecule has 0 radical (unpaired) electrons. The van der Waals surface area contributed by atoms with Crippen LogP contribution in [0.1, 0.15) is 23.4 Å². The number of nitrogens with one attached hydrogen (secondary N) is 1. The predicted octanol–water partition coefficient (Wildman–Crippen LogP) is 1.75. The highest BCUT2D eigenvalue weighted by Gasteiger charge is 2.24. The second kappa shape index (κ2) is 5.62. The van der Waals surface area contributed by atoms with Crippen molar-refractivity contribution >= 4 is 27.3 Å². The zero-order valence-corrected chi connectivity index (χ0v) is 14.9. The van der Waals surface area contributed by atoms with Crippen LogP contribution in [0.5, 0.6) is 0 Å². The maximum Gasteiger partial charge on any atom is 0.262 e. The summed E-state index contributed by atoms with van der Waals surface area (Å²) in [5, 5.41) is 4.22. The van der Waals surface area contributed by atoms with Gasteiger partial charge in [-0.15, -0.1) is 0 Å². The lowest BCUT2D eigenvalue weighted by Gasteiger charge is -2.26. The summed E-state index contributed by atoms with van der Waals surface area (Å²) in [6, 6.07) is 4.85. The van der Waals surface area contributed by atoms with Crippen molar-refractivity contribution in [3.63, 3.8) is 0 Å². The molecule has 0 unspecified atom stereocenters. The third-order valence-electron chi connectivity index (χ3n) is 4.45. The highest BCUT2D eigenvalue weighted by molar-refractivity contribution is 7.92. The van der Waals surface area contributed by atoms with Crippen LogP contribution in [0.25, 0.3) is 0 Å². The van der Waals surface area contributed by atoms with Crippen LogP contribution in [0.3, 0.4) is 0 Å². The fourth-order valence-corrected chi connectivity index (χ4v) is 4.14. The molecule has 0 aliphatic carbocycles. The van der Waals surface area contributed by atoms with Gasteiger partial charge >= 0.3 is 0 Å². The first-order valence-electron chi connectivity index (χ1n) is 7.63. The van der Waals surface area contributed by atoms with Crippen LogP contribution >= 0.6 is 0 Å². The van der Waals surface area contributed by atoms with Crippen molar-refractivity contribution in [3.05, 3.63) is 35.2 Å². The number of hydrogen-bond acceptors (Lipinski definition) is 4. The third-order valence-corrected chi connectivity index (χ3v) is 5.80. The van der Waals surface area contributed by atoms with E-state index in [1.54, 1.807) is 42.7 Å². The molecule has 1 aliphatic rings. The van der Waals surface area contributed by atoms with Crippen LogP contribution in [0.2, 0.25) is 0 Å². The highest BCUT2D eigenvalue weighted by atomic mass is 32.2. The standard InChI is InChI=1S/C16H20N4O3S/c1-10-16(11(2)20(4)17-10)18-24(22,23)13-6-7-14-12(9-13)5-8-15(21)19(14)3/h6-7,9,18H,5,8H2,1-4H3. The quantitative estimate of drug-likeness (QED) is 0.916. The normalized spacial score (nSPS) is 14.7. The number of nitrogens with zero attached hydrogens (tertiary/aromatic N) is 3. The van der Waals surface area contributed by atoms with E-state index in [0.717, 1.165) is 16.9 Å². The molecular weight excluding hydrogens is 328 g/mol.